The lowest BCUT2D eigenvalue weighted by Crippen LogP contribution is -2.50. The summed E-state index contributed by atoms with van der Waals surface area (Å²) >= 11 is 1.36. The van der Waals surface area contributed by atoms with E-state index in [0.29, 0.717) is 106 Å². The number of carbonyl (C=O) groups excluding carboxylic acids is 2. The van der Waals surface area contributed by atoms with Crippen LogP contribution in [-0.4, -0.2) is 88.9 Å². The number of piperazine rings is 1. The average Bonchev–Trinajstić information content (AvgIpc) is 3.71. The quantitative estimate of drug-likeness (QED) is 0.340. The van der Waals surface area contributed by atoms with E-state index in [0.717, 1.165) is 21.8 Å². The van der Waals surface area contributed by atoms with Crippen LogP contribution < -0.4 is 20.4 Å². The van der Waals surface area contributed by atoms with Crippen molar-refractivity contribution in [2.45, 2.75) is 46.1 Å². The summed E-state index contributed by atoms with van der Waals surface area (Å²) in [7, 11) is 0. The van der Waals surface area contributed by atoms with Crippen LogP contribution in [0.15, 0.2) is 29.2 Å². The Bertz CT molecular complexity index is 1750. The average molecular weight is 635 g/mol. The molecule has 0 unspecified atom stereocenters. The zero-order valence-electron chi connectivity index (χ0n) is 25.7. The van der Waals surface area contributed by atoms with Gasteiger partial charge < -0.3 is 34.3 Å². The molecule has 3 aromatic heterocycles. The van der Waals surface area contributed by atoms with E-state index in [2.05, 4.69) is 16.9 Å². The van der Waals surface area contributed by atoms with E-state index in [1.165, 1.54) is 17.5 Å². The first-order valence-corrected chi connectivity index (χ1v) is 16.2. The Labute approximate surface area is 265 Å². The number of carbonyl (C=O) groups is 2. The van der Waals surface area contributed by atoms with Crippen LogP contribution in [0.5, 0.6) is 11.5 Å². The Morgan fingerprint density at radius 3 is 2.69 bits per heavy atom. The lowest BCUT2D eigenvalue weighted by Gasteiger charge is -2.37. The first-order chi connectivity index (χ1) is 21.8. The lowest BCUT2D eigenvalue weighted by molar-refractivity contribution is -0.121. The van der Waals surface area contributed by atoms with Crippen molar-refractivity contribution in [3.8, 4) is 11.5 Å². The Morgan fingerprint density at radius 1 is 1.18 bits per heavy atom. The molecule has 2 amide bonds. The summed E-state index contributed by atoms with van der Waals surface area (Å²) < 4.78 is 13.3. The largest absolute Gasteiger partial charge is 0.505 e. The van der Waals surface area contributed by atoms with Crippen molar-refractivity contribution < 1.29 is 24.2 Å². The normalized spacial score (nSPS) is 16.4. The molecule has 0 atom stereocenters. The summed E-state index contributed by atoms with van der Waals surface area (Å²) in [5.41, 5.74) is 4.33. The molecule has 13 heteroatoms. The lowest BCUT2D eigenvalue weighted by atomic mass is 10.1. The second-order valence-electron chi connectivity index (χ2n) is 11.5. The summed E-state index contributed by atoms with van der Waals surface area (Å²) in [4.78, 5) is 53.5. The van der Waals surface area contributed by atoms with Gasteiger partial charge in [-0.15, -0.1) is 17.9 Å². The minimum Gasteiger partial charge on any atom is -0.505 e. The van der Waals surface area contributed by atoms with Crippen molar-refractivity contribution in [1.82, 2.24) is 24.8 Å². The first-order valence-electron chi connectivity index (χ1n) is 15.4. The number of amides is 2. The van der Waals surface area contributed by atoms with E-state index in [-0.39, 0.29) is 35.2 Å². The van der Waals surface area contributed by atoms with Gasteiger partial charge in [-0.1, -0.05) is 18.6 Å². The summed E-state index contributed by atoms with van der Waals surface area (Å²) in [6.07, 6.45) is 5.92. The summed E-state index contributed by atoms with van der Waals surface area (Å²) in [5, 5.41) is 14.5. The molecule has 0 spiro atoms. The molecule has 0 saturated carbocycles. The van der Waals surface area contributed by atoms with Gasteiger partial charge in [-0.3, -0.25) is 14.4 Å². The number of rotatable bonds is 9. The second-order valence-corrected chi connectivity index (χ2v) is 12.5. The van der Waals surface area contributed by atoms with Crippen LogP contribution in [0, 0.1) is 0 Å². The molecule has 0 bridgehead atoms. The van der Waals surface area contributed by atoms with Gasteiger partial charge in [0.1, 0.15) is 27.7 Å². The highest BCUT2D eigenvalue weighted by Gasteiger charge is 2.31. The van der Waals surface area contributed by atoms with E-state index < -0.39 is 0 Å². The number of pyridine rings is 2. The molecule has 2 N–H and O–H groups in total. The van der Waals surface area contributed by atoms with E-state index in [1.807, 2.05) is 29.4 Å². The number of nitrogens with one attached hydrogen (secondary N) is 1. The highest BCUT2D eigenvalue weighted by molar-refractivity contribution is 7.19. The number of hydrogen-bond donors (Lipinski definition) is 2. The maximum Gasteiger partial charge on any atom is 0.276 e. The molecule has 3 aliphatic rings. The molecule has 0 radical (unpaired) electrons. The van der Waals surface area contributed by atoms with Gasteiger partial charge in [-0.2, -0.15) is 0 Å². The van der Waals surface area contributed by atoms with Crippen LogP contribution in [0.25, 0.3) is 15.9 Å². The van der Waals surface area contributed by atoms with Gasteiger partial charge in [0.15, 0.2) is 17.1 Å². The topological polar surface area (TPSA) is 139 Å². The van der Waals surface area contributed by atoms with Gasteiger partial charge in [-0.05, 0) is 31.8 Å². The van der Waals surface area contributed by atoms with Crippen LogP contribution in [0.1, 0.15) is 53.4 Å². The van der Waals surface area contributed by atoms with E-state index in [4.69, 9.17) is 14.5 Å². The van der Waals surface area contributed by atoms with Crippen LogP contribution in [0.4, 0.5) is 5.69 Å². The molecular formula is C32H38N6O6S. The molecule has 1 saturated heterocycles. The van der Waals surface area contributed by atoms with Gasteiger partial charge in [0, 0.05) is 50.4 Å². The monoisotopic (exact) mass is 634 g/mol. The molecular weight excluding hydrogens is 596 g/mol. The Balaban J connectivity index is 1.31. The number of anilines is 1. The third kappa shape index (κ3) is 6.06. The van der Waals surface area contributed by atoms with E-state index in [9.17, 15) is 19.5 Å². The molecule has 3 aromatic rings. The number of nitrogens with zero attached hydrogens (tertiary/aromatic N) is 5. The number of fused-ring (bicyclic) bond motifs is 2. The van der Waals surface area contributed by atoms with Crippen LogP contribution >= 0.6 is 11.3 Å². The molecule has 12 nitrogen and oxygen atoms in total. The zero-order chi connectivity index (χ0) is 31.7. The second kappa shape index (κ2) is 13.0. The fourth-order valence-corrected chi connectivity index (χ4v) is 7.13. The smallest absolute Gasteiger partial charge is 0.276 e. The number of aromatic nitrogens is 3. The molecule has 238 valence electrons. The molecule has 0 aromatic carbocycles. The highest BCUT2D eigenvalue weighted by Crippen LogP contribution is 2.35. The molecule has 1 fully saturated rings. The van der Waals surface area contributed by atoms with Gasteiger partial charge >= 0.3 is 0 Å². The number of aromatic hydroxyl groups is 1. The standard InChI is InChI=1S/C32H38N6O6S/c1-4-22-26(36-10-12-37(13-11-36)32(42)25-27(40)21-8-16-44-23(21)17-34-25)28(41)29-30(35-31(45-29)20-6-14-43-15-7-20)38(22)18-24(39)33-9-5-19(2)3/h6,17,40H,2,4-5,7-16,18H2,1,3H3,(H,33,39). The predicted molar refractivity (Wildman–Crippen MR) is 172 cm³/mol. The Kier molecular flexibility index (Phi) is 8.90. The van der Waals surface area contributed by atoms with Gasteiger partial charge in [0.2, 0.25) is 11.3 Å². The van der Waals surface area contributed by atoms with Crippen LogP contribution in [-0.2, 0) is 28.9 Å². The molecule has 3 aliphatic heterocycles. The van der Waals surface area contributed by atoms with Crippen molar-refractivity contribution in [3.05, 3.63) is 56.6 Å². The molecule has 45 heavy (non-hydrogen) atoms. The van der Waals surface area contributed by atoms with Crippen molar-refractivity contribution in [1.29, 1.82) is 0 Å². The minimum atomic E-state index is -0.353. The maximum absolute atomic E-state index is 14.2. The highest BCUT2D eigenvalue weighted by atomic mass is 32.1. The summed E-state index contributed by atoms with van der Waals surface area (Å²) in [5.74, 6) is -0.129. The number of hydrogen-bond acceptors (Lipinski definition) is 10. The zero-order valence-corrected chi connectivity index (χ0v) is 26.5. The first kappa shape index (κ1) is 30.8. The molecule has 6 rings (SSSR count). The maximum atomic E-state index is 14.2. The van der Waals surface area contributed by atoms with E-state index in [1.54, 1.807) is 4.90 Å². The van der Waals surface area contributed by atoms with Crippen molar-refractivity contribution >= 4 is 44.8 Å². The Morgan fingerprint density at radius 2 is 1.98 bits per heavy atom. The molecule has 0 aliphatic carbocycles. The van der Waals surface area contributed by atoms with Crippen molar-refractivity contribution in [3.63, 3.8) is 0 Å². The fourth-order valence-electron chi connectivity index (χ4n) is 6.06. The third-order valence-electron chi connectivity index (χ3n) is 8.45. The summed E-state index contributed by atoms with van der Waals surface area (Å²) in [6.45, 7) is 11.4. The Hall–Kier alpha value is -4.23. The predicted octanol–water partition coefficient (Wildman–Crippen LogP) is 2.90. The van der Waals surface area contributed by atoms with Gasteiger partial charge in [0.25, 0.3) is 5.91 Å². The van der Waals surface area contributed by atoms with Crippen molar-refractivity contribution in [2.75, 3.05) is 57.4 Å². The number of thiazole rings is 1. The van der Waals surface area contributed by atoms with Gasteiger partial charge in [0.05, 0.1) is 26.0 Å². The van der Waals surface area contributed by atoms with E-state index >= 15 is 0 Å². The van der Waals surface area contributed by atoms with Crippen LogP contribution in [0.3, 0.4) is 0 Å². The summed E-state index contributed by atoms with van der Waals surface area (Å²) in [6, 6.07) is 0. The van der Waals surface area contributed by atoms with Crippen molar-refractivity contribution in [2.24, 2.45) is 0 Å². The minimum absolute atomic E-state index is 0.0167. The van der Waals surface area contributed by atoms with Crippen LogP contribution in [0.2, 0.25) is 0 Å². The third-order valence-corrected chi connectivity index (χ3v) is 9.57. The SMILES string of the molecule is C=C(C)CCNC(=O)Cn1c(CC)c(N2CCN(C(=O)c3ncc4c(c3O)CCO4)CC2)c(=O)c2sc(C3=CCOCC3)nc21. The fraction of sp³-hybridized carbons (Fsp3) is 0.469. The van der Waals surface area contributed by atoms with Gasteiger partial charge in [-0.25, -0.2) is 9.97 Å². The molecule has 6 heterocycles. The number of ether oxygens (including phenoxy) is 2.